The lowest BCUT2D eigenvalue weighted by atomic mass is 10.2. The number of rotatable bonds is 5. The van der Waals surface area contributed by atoms with Crippen LogP contribution < -0.4 is 16.8 Å². The molecule has 0 aromatic carbocycles. The highest BCUT2D eigenvalue weighted by Crippen LogP contribution is 2.30. The van der Waals surface area contributed by atoms with Gasteiger partial charge in [0.25, 0.3) is 0 Å². The van der Waals surface area contributed by atoms with Crippen LogP contribution in [-0.2, 0) is 13.2 Å². The molecule has 0 unspecified atom stereocenters. The van der Waals surface area contributed by atoms with E-state index in [0.717, 1.165) is 11.5 Å². The molecule has 124 valence electrons. The highest BCUT2D eigenvalue weighted by Gasteiger charge is 2.15. The molecule has 0 saturated carbocycles. The van der Waals surface area contributed by atoms with E-state index >= 15 is 0 Å². The lowest BCUT2D eigenvalue weighted by Gasteiger charge is -2.11. The fraction of sp³-hybridized carbons (Fsp3) is 0.188. The van der Waals surface area contributed by atoms with E-state index in [2.05, 4.69) is 20.3 Å². The van der Waals surface area contributed by atoms with E-state index in [-0.39, 0.29) is 12.6 Å². The van der Waals surface area contributed by atoms with Crippen molar-refractivity contribution in [2.24, 2.45) is 0 Å². The zero-order valence-corrected chi connectivity index (χ0v) is 13.2. The number of nitrogens with zero attached hydrogens (tertiary/aromatic N) is 3. The molecule has 0 spiro atoms. The number of nitrogens with one attached hydrogen (secondary N) is 1. The number of aromatic nitrogens is 3. The van der Waals surface area contributed by atoms with E-state index in [1.807, 2.05) is 25.1 Å². The molecule has 0 aliphatic carbocycles. The smallest absolute Gasteiger partial charge is 0.222 e. The number of aliphatic hydroxyl groups is 1. The first-order chi connectivity index (χ1) is 11.6. The molecule has 3 aromatic heterocycles. The third kappa shape index (κ3) is 3.28. The van der Waals surface area contributed by atoms with Gasteiger partial charge in [0.15, 0.2) is 11.6 Å². The van der Waals surface area contributed by atoms with Crippen molar-refractivity contribution in [1.29, 1.82) is 0 Å². The highest BCUT2D eigenvalue weighted by atomic mass is 16.3. The number of hydrogen-bond acceptors (Lipinski definition) is 8. The number of pyridine rings is 1. The van der Waals surface area contributed by atoms with Gasteiger partial charge >= 0.3 is 0 Å². The number of anilines is 3. The van der Waals surface area contributed by atoms with Crippen LogP contribution in [0.4, 0.5) is 17.5 Å². The van der Waals surface area contributed by atoms with Gasteiger partial charge in [-0.25, -0.2) is 4.98 Å². The standard InChI is InChI=1S/C16H18N6O2/c1-9-5-6-12(24-9)14-13(17)15(22-16(18)21-14)19-7-10-3-2-4-11(8-23)20-10/h2-6,23H,7-8,17H2,1H3,(H3,18,19,21,22). The fourth-order valence-electron chi connectivity index (χ4n) is 2.26. The highest BCUT2D eigenvalue weighted by molar-refractivity contribution is 5.79. The molecule has 0 aliphatic rings. The number of furan rings is 1. The summed E-state index contributed by atoms with van der Waals surface area (Å²) in [6, 6.07) is 9.01. The van der Waals surface area contributed by atoms with Crippen molar-refractivity contribution in [3.8, 4) is 11.5 Å². The normalized spacial score (nSPS) is 10.8. The predicted octanol–water partition coefficient (Wildman–Crippen LogP) is 1.71. The maximum Gasteiger partial charge on any atom is 0.222 e. The van der Waals surface area contributed by atoms with E-state index in [0.29, 0.717) is 35.2 Å². The Bertz CT molecular complexity index is 862. The quantitative estimate of drug-likeness (QED) is 0.556. The van der Waals surface area contributed by atoms with Crippen LogP contribution in [0.25, 0.3) is 11.5 Å². The van der Waals surface area contributed by atoms with Gasteiger partial charge in [-0.2, -0.15) is 4.98 Å². The second-order valence-corrected chi connectivity index (χ2v) is 5.23. The molecule has 0 aliphatic heterocycles. The molecule has 6 N–H and O–H groups in total. The van der Waals surface area contributed by atoms with Gasteiger partial charge in [-0.15, -0.1) is 0 Å². The van der Waals surface area contributed by atoms with Gasteiger partial charge in [0, 0.05) is 0 Å². The third-order valence-electron chi connectivity index (χ3n) is 3.40. The molecule has 24 heavy (non-hydrogen) atoms. The summed E-state index contributed by atoms with van der Waals surface area (Å²) >= 11 is 0. The zero-order valence-electron chi connectivity index (χ0n) is 13.2. The molecule has 0 saturated heterocycles. The van der Waals surface area contributed by atoms with Gasteiger partial charge in [0.2, 0.25) is 5.95 Å². The summed E-state index contributed by atoms with van der Waals surface area (Å²) in [5, 5.41) is 12.2. The van der Waals surface area contributed by atoms with Crippen molar-refractivity contribution >= 4 is 17.5 Å². The SMILES string of the molecule is Cc1ccc(-c2nc(N)nc(NCc3cccc(CO)n3)c2N)o1. The average Bonchev–Trinajstić information content (AvgIpc) is 3.01. The van der Waals surface area contributed by atoms with Crippen molar-refractivity contribution in [2.75, 3.05) is 16.8 Å². The minimum atomic E-state index is -0.113. The third-order valence-corrected chi connectivity index (χ3v) is 3.40. The second-order valence-electron chi connectivity index (χ2n) is 5.23. The minimum absolute atomic E-state index is 0.0906. The molecule has 0 fully saturated rings. The molecule has 8 nitrogen and oxygen atoms in total. The zero-order chi connectivity index (χ0) is 17.1. The molecule has 0 radical (unpaired) electrons. The first-order valence-electron chi connectivity index (χ1n) is 7.36. The van der Waals surface area contributed by atoms with E-state index < -0.39 is 0 Å². The van der Waals surface area contributed by atoms with Crippen molar-refractivity contribution < 1.29 is 9.52 Å². The van der Waals surface area contributed by atoms with Crippen LogP contribution in [-0.4, -0.2) is 20.1 Å². The van der Waals surface area contributed by atoms with Gasteiger partial charge in [-0.1, -0.05) is 6.07 Å². The van der Waals surface area contributed by atoms with E-state index in [9.17, 15) is 0 Å². The molecule has 0 bridgehead atoms. The van der Waals surface area contributed by atoms with Crippen molar-refractivity contribution in [3.63, 3.8) is 0 Å². The van der Waals surface area contributed by atoms with Gasteiger partial charge < -0.3 is 26.3 Å². The Kier molecular flexibility index (Phi) is 4.30. The molecular formula is C16H18N6O2. The molecule has 3 aromatic rings. The molecule has 8 heteroatoms. The molecule has 0 amide bonds. The number of aryl methyl sites for hydroxylation is 1. The molecular weight excluding hydrogens is 308 g/mol. The fourth-order valence-corrected chi connectivity index (χ4v) is 2.26. The Balaban J connectivity index is 1.86. The maximum absolute atomic E-state index is 9.14. The summed E-state index contributed by atoms with van der Waals surface area (Å²) in [6.07, 6.45) is 0. The first-order valence-corrected chi connectivity index (χ1v) is 7.36. The lowest BCUT2D eigenvalue weighted by Crippen LogP contribution is -2.10. The second kappa shape index (κ2) is 6.55. The summed E-state index contributed by atoms with van der Waals surface area (Å²) in [7, 11) is 0. The average molecular weight is 326 g/mol. The summed E-state index contributed by atoms with van der Waals surface area (Å²) in [5.41, 5.74) is 14.1. The van der Waals surface area contributed by atoms with Gasteiger partial charge in [0.1, 0.15) is 17.1 Å². The minimum Gasteiger partial charge on any atom is -0.460 e. The van der Waals surface area contributed by atoms with Crippen LogP contribution in [0.15, 0.2) is 34.7 Å². The topological polar surface area (TPSA) is 136 Å². The van der Waals surface area contributed by atoms with Gasteiger partial charge in [0.05, 0.1) is 24.5 Å². The Morgan fingerprint density at radius 2 is 1.88 bits per heavy atom. The largest absolute Gasteiger partial charge is 0.460 e. The van der Waals surface area contributed by atoms with Crippen LogP contribution in [0.1, 0.15) is 17.1 Å². The molecule has 3 rings (SSSR count). The molecule has 3 heterocycles. The van der Waals surface area contributed by atoms with E-state index in [1.165, 1.54) is 0 Å². The Morgan fingerprint density at radius 3 is 2.58 bits per heavy atom. The lowest BCUT2D eigenvalue weighted by molar-refractivity contribution is 0.276. The maximum atomic E-state index is 9.14. The summed E-state index contributed by atoms with van der Waals surface area (Å²) in [6.45, 7) is 2.10. The van der Waals surface area contributed by atoms with Crippen LogP contribution in [0.3, 0.4) is 0 Å². The molecule has 0 atom stereocenters. The summed E-state index contributed by atoms with van der Waals surface area (Å²) in [5.74, 6) is 1.78. The van der Waals surface area contributed by atoms with Crippen LogP contribution in [0.2, 0.25) is 0 Å². The number of nitrogen functional groups attached to an aromatic ring is 2. The number of nitrogens with two attached hydrogens (primary N) is 2. The van der Waals surface area contributed by atoms with Crippen molar-refractivity contribution in [2.45, 2.75) is 20.1 Å². The van der Waals surface area contributed by atoms with Gasteiger partial charge in [-0.05, 0) is 31.2 Å². The summed E-state index contributed by atoms with van der Waals surface area (Å²) < 4.78 is 5.56. The van der Waals surface area contributed by atoms with Gasteiger partial charge in [-0.3, -0.25) is 4.98 Å². The predicted molar refractivity (Wildman–Crippen MR) is 90.8 cm³/mol. The Labute approximate surface area is 138 Å². The number of aliphatic hydroxyl groups excluding tert-OH is 1. The number of hydrogen-bond donors (Lipinski definition) is 4. The van der Waals surface area contributed by atoms with E-state index in [4.69, 9.17) is 21.0 Å². The van der Waals surface area contributed by atoms with Crippen LogP contribution in [0, 0.1) is 6.92 Å². The monoisotopic (exact) mass is 326 g/mol. The van der Waals surface area contributed by atoms with Crippen LogP contribution in [0.5, 0.6) is 0 Å². The Morgan fingerprint density at radius 1 is 1.08 bits per heavy atom. The van der Waals surface area contributed by atoms with Crippen molar-refractivity contribution in [3.05, 3.63) is 47.5 Å². The summed E-state index contributed by atoms with van der Waals surface area (Å²) in [4.78, 5) is 12.6. The first kappa shape index (κ1) is 15.8. The van der Waals surface area contributed by atoms with Crippen LogP contribution >= 0.6 is 0 Å². The van der Waals surface area contributed by atoms with E-state index in [1.54, 1.807) is 12.1 Å². The Hall–Kier alpha value is -3.13. The van der Waals surface area contributed by atoms with Crippen molar-refractivity contribution in [1.82, 2.24) is 15.0 Å².